The Balaban J connectivity index is 2.36. The molecule has 0 aromatic heterocycles. The maximum atomic E-state index is 10.5. The highest BCUT2D eigenvalue weighted by Gasteiger charge is 2.17. The van der Waals surface area contributed by atoms with E-state index in [0.717, 1.165) is 18.7 Å². The summed E-state index contributed by atoms with van der Waals surface area (Å²) in [6.45, 7) is 3.06. The summed E-state index contributed by atoms with van der Waals surface area (Å²) >= 11 is 0. The van der Waals surface area contributed by atoms with Crippen molar-refractivity contribution in [2.24, 2.45) is 5.92 Å². The third-order valence-corrected chi connectivity index (χ3v) is 2.51. The minimum absolute atomic E-state index is 0.158. The van der Waals surface area contributed by atoms with Gasteiger partial charge < -0.3 is 5.32 Å². The minimum Gasteiger partial charge on any atom is -0.384 e. The van der Waals surface area contributed by atoms with Crippen LogP contribution in [0.1, 0.15) is 12.5 Å². The summed E-state index contributed by atoms with van der Waals surface area (Å²) in [5.41, 5.74) is 2.25. The van der Waals surface area contributed by atoms with Crippen molar-refractivity contribution in [1.82, 2.24) is 0 Å². The minimum atomic E-state index is -0.361. The van der Waals surface area contributed by atoms with Gasteiger partial charge in [-0.15, -0.1) is 0 Å². The maximum Gasteiger partial charge on any atom is 0.271 e. The van der Waals surface area contributed by atoms with E-state index in [2.05, 4.69) is 12.2 Å². The number of nitrogens with zero attached hydrogens (tertiary/aromatic N) is 1. The van der Waals surface area contributed by atoms with Crippen LogP contribution in [0.5, 0.6) is 0 Å². The van der Waals surface area contributed by atoms with Gasteiger partial charge in [0.15, 0.2) is 0 Å². The first-order chi connectivity index (χ1) is 6.66. The van der Waals surface area contributed by atoms with Crippen molar-refractivity contribution in [2.75, 3.05) is 11.9 Å². The van der Waals surface area contributed by atoms with E-state index in [-0.39, 0.29) is 10.6 Å². The smallest absolute Gasteiger partial charge is 0.271 e. The molecule has 2 rings (SSSR count). The zero-order chi connectivity index (χ0) is 10.1. The Labute approximate surface area is 82.1 Å². The predicted octanol–water partition coefficient (Wildman–Crippen LogP) is 2.20. The summed E-state index contributed by atoms with van der Waals surface area (Å²) < 4.78 is 0. The Morgan fingerprint density at radius 3 is 3.07 bits per heavy atom. The largest absolute Gasteiger partial charge is 0.384 e. The monoisotopic (exact) mass is 192 g/mol. The Bertz CT molecular complexity index is 376. The zero-order valence-electron chi connectivity index (χ0n) is 7.99. The lowest BCUT2D eigenvalue weighted by molar-refractivity contribution is -0.384. The van der Waals surface area contributed by atoms with Crippen molar-refractivity contribution >= 4 is 11.4 Å². The molecule has 14 heavy (non-hydrogen) atoms. The van der Waals surface area contributed by atoms with Crippen LogP contribution in [0.2, 0.25) is 0 Å². The SMILES string of the molecule is C[C@H]1CNc2cc([N+](=O)[O-])ccc2C1. The lowest BCUT2D eigenvalue weighted by Crippen LogP contribution is -2.20. The highest BCUT2D eigenvalue weighted by atomic mass is 16.6. The number of hydrogen-bond donors (Lipinski definition) is 1. The second-order valence-corrected chi connectivity index (χ2v) is 3.79. The number of nitro groups is 1. The Hall–Kier alpha value is -1.58. The Kier molecular flexibility index (Phi) is 2.11. The average molecular weight is 192 g/mol. The molecular weight excluding hydrogens is 180 g/mol. The van der Waals surface area contributed by atoms with Gasteiger partial charge in [-0.05, 0) is 17.9 Å². The van der Waals surface area contributed by atoms with Gasteiger partial charge in [-0.2, -0.15) is 0 Å². The van der Waals surface area contributed by atoms with Gasteiger partial charge in [-0.3, -0.25) is 10.1 Å². The molecule has 0 unspecified atom stereocenters. The van der Waals surface area contributed by atoms with E-state index in [4.69, 9.17) is 0 Å². The van der Waals surface area contributed by atoms with E-state index in [0.29, 0.717) is 5.92 Å². The molecule has 0 spiro atoms. The predicted molar refractivity (Wildman–Crippen MR) is 54.5 cm³/mol. The van der Waals surface area contributed by atoms with Crippen molar-refractivity contribution in [3.8, 4) is 0 Å². The van der Waals surface area contributed by atoms with Crippen LogP contribution in [0.25, 0.3) is 0 Å². The van der Waals surface area contributed by atoms with Crippen LogP contribution in [0, 0.1) is 16.0 Å². The van der Waals surface area contributed by atoms with Gasteiger partial charge in [-0.25, -0.2) is 0 Å². The van der Waals surface area contributed by atoms with Crippen molar-refractivity contribution in [3.05, 3.63) is 33.9 Å². The van der Waals surface area contributed by atoms with Crippen molar-refractivity contribution in [1.29, 1.82) is 0 Å². The molecule has 1 aromatic carbocycles. The summed E-state index contributed by atoms with van der Waals surface area (Å²) in [4.78, 5) is 10.2. The molecule has 4 nitrogen and oxygen atoms in total. The molecule has 0 bridgehead atoms. The van der Waals surface area contributed by atoms with Crippen molar-refractivity contribution in [3.63, 3.8) is 0 Å². The number of fused-ring (bicyclic) bond motifs is 1. The number of hydrogen-bond acceptors (Lipinski definition) is 3. The number of benzene rings is 1. The van der Waals surface area contributed by atoms with E-state index in [1.54, 1.807) is 12.1 Å². The molecule has 0 amide bonds. The van der Waals surface area contributed by atoms with Gasteiger partial charge in [0.05, 0.1) is 4.92 Å². The molecule has 0 aliphatic carbocycles. The lowest BCUT2D eigenvalue weighted by atomic mass is 9.95. The van der Waals surface area contributed by atoms with Gasteiger partial charge >= 0.3 is 0 Å². The summed E-state index contributed by atoms with van der Waals surface area (Å²) in [6, 6.07) is 5.02. The topological polar surface area (TPSA) is 55.2 Å². The molecule has 0 saturated carbocycles. The standard InChI is InChI=1S/C10H12N2O2/c1-7-4-8-2-3-9(12(13)14)5-10(8)11-6-7/h2-3,5,7,11H,4,6H2,1H3/t7-/m1/s1. The molecule has 74 valence electrons. The van der Waals surface area contributed by atoms with Gasteiger partial charge in [0, 0.05) is 24.4 Å². The van der Waals surface area contributed by atoms with Crippen molar-refractivity contribution < 1.29 is 4.92 Å². The van der Waals surface area contributed by atoms with Gasteiger partial charge in [0.25, 0.3) is 5.69 Å². The second-order valence-electron chi connectivity index (χ2n) is 3.79. The van der Waals surface area contributed by atoms with E-state index in [9.17, 15) is 10.1 Å². The van der Waals surface area contributed by atoms with Crippen LogP contribution in [0.4, 0.5) is 11.4 Å². The number of anilines is 1. The molecule has 1 N–H and O–H groups in total. The molecule has 0 saturated heterocycles. The first-order valence-electron chi connectivity index (χ1n) is 4.68. The van der Waals surface area contributed by atoms with E-state index in [1.807, 2.05) is 6.07 Å². The van der Waals surface area contributed by atoms with Crippen LogP contribution in [0.3, 0.4) is 0 Å². The van der Waals surface area contributed by atoms with Crippen LogP contribution in [-0.2, 0) is 6.42 Å². The van der Waals surface area contributed by atoms with Crippen LogP contribution >= 0.6 is 0 Å². The first kappa shape index (κ1) is 8.99. The van der Waals surface area contributed by atoms with Crippen LogP contribution in [-0.4, -0.2) is 11.5 Å². The summed E-state index contributed by atoms with van der Waals surface area (Å²) in [5.74, 6) is 0.601. The zero-order valence-corrected chi connectivity index (χ0v) is 7.99. The molecule has 1 atom stereocenters. The highest BCUT2D eigenvalue weighted by Crippen LogP contribution is 2.28. The fraction of sp³-hybridized carbons (Fsp3) is 0.400. The number of nitro benzene ring substituents is 1. The molecule has 0 fully saturated rings. The number of nitrogens with one attached hydrogen (secondary N) is 1. The molecule has 1 heterocycles. The number of rotatable bonds is 1. The molecular formula is C10H12N2O2. The van der Waals surface area contributed by atoms with E-state index >= 15 is 0 Å². The van der Waals surface area contributed by atoms with Gasteiger partial charge in [0.2, 0.25) is 0 Å². The summed E-state index contributed by atoms with van der Waals surface area (Å²) in [5, 5.41) is 13.7. The van der Waals surface area contributed by atoms with Crippen LogP contribution < -0.4 is 5.32 Å². The average Bonchev–Trinajstić information content (AvgIpc) is 2.16. The summed E-state index contributed by atoms with van der Waals surface area (Å²) in [7, 11) is 0. The maximum absolute atomic E-state index is 10.5. The Morgan fingerprint density at radius 2 is 2.36 bits per heavy atom. The molecule has 4 heteroatoms. The van der Waals surface area contributed by atoms with E-state index in [1.165, 1.54) is 5.56 Å². The van der Waals surface area contributed by atoms with Gasteiger partial charge in [0.1, 0.15) is 0 Å². The second kappa shape index (κ2) is 3.29. The van der Waals surface area contributed by atoms with Crippen LogP contribution in [0.15, 0.2) is 18.2 Å². The van der Waals surface area contributed by atoms with E-state index < -0.39 is 0 Å². The fourth-order valence-electron chi connectivity index (χ4n) is 1.75. The quantitative estimate of drug-likeness (QED) is 0.548. The van der Waals surface area contributed by atoms with Crippen molar-refractivity contribution in [2.45, 2.75) is 13.3 Å². The first-order valence-corrected chi connectivity index (χ1v) is 4.68. The third-order valence-electron chi connectivity index (χ3n) is 2.51. The third kappa shape index (κ3) is 1.55. The Morgan fingerprint density at radius 1 is 1.57 bits per heavy atom. The highest BCUT2D eigenvalue weighted by molar-refractivity contribution is 5.58. The normalized spacial score (nSPS) is 19.6. The molecule has 1 aliphatic heterocycles. The van der Waals surface area contributed by atoms with Gasteiger partial charge in [-0.1, -0.05) is 13.0 Å². The number of non-ortho nitro benzene ring substituents is 1. The molecule has 0 radical (unpaired) electrons. The lowest BCUT2D eigenvalue weighted by Gasteiger charge is -2.22. The summed E-state index contributed by atoms with van der Waals surface area (Å²) in [6.07, 6.45) is 1.00. The molecule has 1 aromatic rings. The fourth-order valence-corrected chi connectivity index (χ4v) is 1.75. The molecule has 1 aliphatic rings.